The number of hydrogen-bond donors (Lipinski definition) is 2. The standard InChI is InChI=1S/C21H25N3O/c1-2-25-21-6-4-3-5-20(21)17-24-13-11-23(12-14-24)16-19-9-7-18(15-22)8-10-19/h3-10H,2,11-14,16-17H2,1H3/p+2. The fourth-order valence-electron chi connectivity index (χ4n) is 3.51. The van der Waals surface area contributed by atoms with E-state index in [4.69, 9.17) is 10.00 Å². The van der Waals surface area contributed by atoms with Crippen LogP contribution in [0.5, 0.6) is 5.75 Å². The molecule has 130 valence electrons. The van der Waals surface area contributed by atoms with Gasteiger partial charge in [0.15, 0.2) is 0 Å². The van der Waals surface area contributed by atoms with Crippen molar-refractivity contribution in [3.05, 3.63) is 65.2 Å². The number of rotatable bonds is 6. The fraction of sp³-hybridized carbons (Fsp3) is 0.381. The van der Waals surface area contributed by atoms with E-state index < -0.39 is 0 Å². The maximum absolute atomic E-state index is 8.89. The molecule has 0 bridgehead atoms. The predicted octanol–water partition coefficient (Wildman–Crippen LogP) is 0.441. The van der Waals surface area contributed by atoms with Crippen LogP contribution >= 0.6 is 0 Å². The van der Waals surface area contributed by atoms with Crippen LogP contribution in [0, 0.1) is 11.3 Å². The molecule has 1 fully saturated rings. The van der Waals surface area contributed by atoms with Crippen LogP contribution in [0.2, 0.25) is 0 Å². The molecule has 0 aliphatic carbocycles. The summed E-state index contributed by atoms with van der Waals surface area (Å²) in [5.41, 5.74) is 3.37. The van der Waals surface area contributed by atoms with Gasteiger partial charge in [0.1, 0.15) is 45.0 Å². The van der Waals surface area contributed by atoms with Gasteiger partial charge < -0.3 is 14.5 Å². The molecule has 0 unspecified atom stereocenters. The van der Waals surface area contributed by atoms with Gasteiger partial charge in [-0.2, -0.15) is 5.26 Å². The first-order chi connectivity index (χ1) is 12.3. The third kappa shape index (κ3) is 4.82. The maximum atomic E-state index is 8.89. The van der Waals surface area contributed by atoms with Crippen molar-refractivity contribution < 1.29 is 14.5 Å². The van der Waals surface area contributed by atoms with E-state index in [0.717, 1.165) is 31.0 Å². The average molecular weight is 337 g/mol. The number of hydrogen-bond acceptors (Lipinski definition) is 2. The number of ether oxygens (including phenoxy) is 1. The van der Waals surface area contributed by atoms with Crippen LogP contribution < -0.4 is 14.5 Å². The first-order valence-corrected chi connectivity index (χ1v) is 9.15. The second-order valence-corrected chi connectivity index (χ2v) is 6.70. The lowest BCUT2D eigenvalue weighted by Crippen LogP contribution is -3.27. The highest BCUT2D eigenvalue weighted by Crippen LogP contribution is 2.16. The third-order valence-electron chi connectivity index (χ3n) is 4.91. The van der Waals surface area contributed by atoms with Gasteiger partial charge in [0.2, 0.25) is 0 Å². The number of nitrogens with one attached hydrogen (secondary N) is 2. The monoisotopic (exact) mass is 337 g/mol. The maximum Gasteiger partial charge on any atom is 0.128 e. The van der Waals surface area contributed by atoms with E-state index in [9.17, 15) is 0 Å². The van der Waals surface area contributed by atoms with Gasteiger partial charge in [-0.15, -0.1) is 0 Å². The quantitative estimate of drug-likeness (QED) is 0.803. The minimum atomic E-state index is 0.717. The average Bonchev–Trinajstić information content (AvgIpc) is 2.66. The summed E-state index contributed by atoms with van der Waals surface area (Å²) >= 11 is 0. The zero-order valence-corrected chi connectivity index (χ0v) is 14.9. The molecule has 0 spiro atoms. The molecular weight excluding hydrogens is 310 g/mol. The Morgan fingerprint density at radius 2 is 1.56 bits per heavy atom. The number of piperazine rings is 1. The van der Waals surface area contributed by atoms with Crippen molar-refractivity contribution in [1.29, 1.82) is 5.26 Å². The first-order valence-electron chi connectivity index (χ1n) is 9.15. The zero-order chi connectivity index (χ0) is 17.5. The van der Waals surface area contributed by atoms with Gasteiger partial charge in [-0.05, 0) is 31.2 Å². The van der Waals surface area contributed by atoms with Crippen LogP contribution in [-0.2, 0) is 13.1 Å². The Morgan fingerprint density at radius 3 is 2.20 bits per heavy atom. The van der Waals surface area contributed by atoms with Crippen LogP contribution in [0.3, 0.4) is 0 Å². The molecule has 0 aromatic heterocycles. The van der Waals surface area contributed by atoms with E-state index in [0.29, 0.717) is 0 Å². The van der Waals surface area contributed by atoms with Gasteiger partial charge in [0, 0.05) is 11.1 Å². The van der Waals surface area contributed by atoms with E-state index in [1.165, 1.54) is 37.3 Å². The van der Waals surface area contributed by atoms with Crippen LogP contribution in [0.1, 0.15) is 23.6 Å². The molecule has 2 N–H and O–H groups in total. The van der Waals surface area contributed by atoms with Crippen molar-refractivity contribution in [2.45, 2.75) is 20.0 Å². The molecule has 1 aliphatic heterocycles. The molecule has 2 aromatic rings. The Bertz CT molecular complexity index is 713. The number of benzene rings is 2. The molecule has 1 heterocycles. The van der Waals surface area contributed by atoms with Gasteiger partial charge in [-0.3, -0.25) is 0 Å². The second-order valence-electron chi connectivity index (χ2n) is 6.70. The summed E-state index contributed by atoms with van der Waals surface area (Å²) in [6, 6.07) is 18.6. The molecule has 4 heteroatoms. The minimum absolute atomic E-state index is 0.717. The summed E-state index contributed by atoms with van der Waals surface area (Å²) < 4.78 is 5.76. The van der Waals surface area contributed by atoms with E-state index in [1.54, 1.807) is 9.80 Å². The lowest BCUT2D eigenvalue weighted by Gasteiger charge is -2.30. The highest BCUT2D eigenvalue weighted by Gasteiger charge is 2.24. The molecule has 0 amide bonds. The molecule has 25 heavy (non-hydrogen) atoms. The van der Waals surface area contributed by atoms with E-state index >= 15 is 0 Å². The van der Waals surface area contributed by atoms with Gasteiger partial charge in [0.05, 0.1) is 18.2 Å². The van der Waals surface area contributed by atoms with Crippen LogP contribution in [-0.4, -0.2) is 32.8 Å². The normalized spacial score (nSPS) is 20.0. The smallest absolute Gasteiger partial charge is 0.128 e. The largest absolute Gasteiger partial charge is 0.493 e. The Labute approximate surface area is 150 Å². The second kappa shape index (κ2) is 8.66. The summed E-state index contributed by atoms with van der Waals surface area (Å²) in [6.07, 6.45) is 0. The van der Waals surface area contributed by atoms with Gasteiger partial charge >= 0.3 is 0 Å². The Morgan fingerprint density at radius 1 is 0.920 bits per heavy atom. The van der Waals surface area contributed by atoms with Crippen LogP contribution in [0.25, 0.3) is 0 Å². The van der Waals surface area contributed by atoms with E-state index in [1.807, 2.05) is 25.1 Å². The molecule has 3 rings (SSSR count). The lowest BCUT2D eigenvalue weighted by atomic mass is 10.1. The summed E-state index contributed by atoms with van der Waals surface area (Å²) in [4.78, 5) is 3.27. The van der Waals surface area contributed by atoms with Crippen molar-refractivity contribution in [3.8, 4) is 11.8 Å². The highest BCUT2D eigenvalue weighted by atomic mass is 16.5. The molecule has 1 saturated heterocycles. The third-order valence-corrected chi connectivity index (χ3v) is 4.91. The SMILES string of the molecule is CCOc1ccccc1C[NH+]1CC[NH+](Cc2ccc(C#N)cc2)CC1. The molecule has 1 aliphatic rings. The van der Waals surface area contributed by atoms with Gasteiger partial charge in [-0.25, -0.2) is 0 Å². The molecule has 0 atom stereocenters. The number of nitriles is 1. The van der Waals surface area contributed by atoms with Crippen molar-refractivity contribution in [2.24, 2.45) is 0 Å². The highest BCUT2D eigenvalue weighted by molar-refractivity contribution is 5.32. The predicted molar refractivity (Wildman–Crippen MR) is 97.6 cm³/mol. The Balaban J connectivity index is 1.51. The summed E-state index contributed by atoms with van der Waals surface area (Å²) in [5.74, 6) is 1.03. The summed E-state index contributed by atoms with van der Waals surface area (Å²) in [5, 5.41) is 8.89. The topological polar surface area (TPSA) is 41.9 Å². The Kier molecular flexibility index (Phi) is 6.05. The van der Waals surface area contributed by atoms with Crippen LogP contribution in [0.15, 0.2) is 48.5 Å². The van der Waals surface area contributed by atoms with Crippen molar-refractivity contribution in [1.82, 2.24) is 0 Å². The summed E-state index contributed by atoms with van der Waals surface area (Å²) in [7, 11) is 0. The molecule has 2 aromatic carbocycles. The van der Waals surface area contributed by atoms with E-state index in [2.05, 4.69) is 36.4 Å². The Hall–Kier alpha value is -2.35. The zero-order valence-electron chi connectivity index (χ0n) is 14.9. The van der Waals surface area contributed by atoms with Crippen molar-refractivity contribution >= 4 is 0 Å². The number of para-hydroxylation sites is 1. The molecular formula is C21H27N3O+2. The van der Waals surface area contributed by atoms with Crippen molar-refractivity contribution in [3.63, 3.8) is 0 Å². The van der Waals surface area contributed by atoms with E-state index in [-0.39, 0.29) is 0 Å². The van der Waals surface area contributed by atoms with Crippen LogP contribution in [0.4, 0.5) is 0 Å². The summed E-state index contributed by atoms with van der Waals surface area (Å²) in [6.45, 7) is 9.59. The molecule has 0 saturated carbocycles. The minimum Gasteiger partial charge on any atom is -0.493 e. The fourth-order valence-corrected chi connectivity index (χ4v) is 3.51. The number of nitrogens with zero attached hydrogens (tertiary/aromatic N) is 1. The van der Waals surface area contributed by atoms with Crippen molar-refractivity contribution in [2.75, 3.05) is 32.8 Å². The van der Waals surface area contributed by atoms with Gasteiger partial charge in [0.25, 0.3) is 0 Å². The van der Waals surface area contributed by atoms with Gasteiger partial charge in [-0.1, -0.05) is 24.3 Å². The molecule has 4 nitrogen and oxygen atoms in total. The first kappa shape index (κ1) is 17.5. The number of quaternary nitrogens is 2. The lowest BCUT2D eigenvalue weighted by molar-refractivity contribution is -1.02. The molecule has 0 radical (unpaired) electrons.